The first-order valence-electron chi connectivity index (χ1n) is 9.82. The number of nitro groups is 1. The van der Waals surface area contributed by atoms with E-state index in [2.05, 4.69) is 26.1 Å². The van der Waals surface area contributed by atoms with Crippen LogP contribution in [0.2, 0.25) is 0 Å². The number of carbonyl (C=O) groups is 2. The summed E-state index contributed by atoms with van der Waals surface area (Å²) in [5, 5.41) is 14.5. The van der Waals surface area contributed by atoms with E-state index in [1.807, 2.05) is 0 Å². The molecule has 0 saturated carbocycles. The maximum atomic E-state index is 12.9. The van der Waals surface area contributed by atoms with Gasteiger partial charge in [-0.25, -0.2) is 4.79 Å². The number of nitrogens with zero attached hydrogens (tertiary/aromatic N) is 1. The zero-order chi connectivity index (χ0) is 22.2. The minimum atomic E-state index is -0.511. The molecule has 8 heteroatoms. The van der Waals surface area contributed by atoms with Gasteiger partial charge in [0.25, 0.3) is 11.6 Å². The summed E-state index contributed by atoms with van der Waals surface area (Å²) in [7, 11) is 1.32. The van der Waals surface area contributed by atoms with Crippen molar-refractivity contribution < 1.29 is 19.2 Å². The number of rotatable bonds is 4. The van der Waals surface area contributed by atoms with Gasteiger partial charge in [-0.05, 0) is 49.1 Å². The van der Waals surface area contributed by atoms with Gasteiger partial charge in [0.15, 0.2) is 0 Å². The highest BCUT2D eigenvalue weighted by Crippen LogP contribution is 2.44. The van der Waals surface area contributed by atoms with Crippen molar-refractivity contribution in [2.45, 2.75) is 47.0 Å². The number of anilines is 1. The molecule has 2 aromatic rings. The third-order valence-corrected chi connectivity index (χ3v) is 7.02. The first kappa shape index (κ1) is 22.0. The van der Waals surface area contributed by atoms with Crippen LogP contribution in [0.25, 0.3) is 0 Å². The van der Waals surface area contributed by atoms with Gasteiger partial charge in [0.2, 0.25) is 0 Å². The number of thiophene rings is 1. The highest BCUT2D eigenvalue weighted by molar-refractivity contribution is 7.17. The monoisotopic (exact) mass is 430 g/mol. The Morgan fingerprint density at radius 1 is 1.30 bits per heavy atom. The van der Waals surface area contributed by atoms with Crippen LogP contribution in [0.3, 0.4) is 0 Å². The van der Waals surface area contributed by atoms with E-state index in [4.69, 9.17) is 4.74 Å². The van der Waals surface area contributed by atoms with E-state index in [9.17, 15) is 19.7 Å². The maximum absolute atomic E-state index is 12.9. The SMILES string of the molecule is COC(=O)c1c(NC(=O)c2cccc([N+](=O)[O-])c2C)sc2c1CCC(C(C)(C)C)C2. The van der Waals surface area contributed by atoms with Gasteiger partial charge in [0.1, 0.15) is 5.00 Å². The molecule has 1 aliphatic rings. The van der Waals surface area contributed by atoms with Crippen LogP contribution >= 0.6 is 11.3 Å². The lowest BCUT2D eigenvalue weighted by molar-refractivity contribution is -0.385. The fourth-order valence-electron chi connectivity index (χ4n) is 3.97. The Morgan fingerprint density at radius 3 is 2.60 bits per heavy atom. The molecular weight excluding hydrogens is 404 g/mol. The van der Waals surface area contributed by atoms with Gasteiger partial charge in [-0.2, -0.15) is 0 Å². The fourth-order valence-corrected chi connectivity index (χ4v) is 5.28. The minimum Gasteiger partial charge on any atom is -0.465 e. The van der Waals surface area contributed by atoms with Crippen LogP contribution in [0, 0.1) is 28.4 Å². The summed E-state index contributed by atoms with van der Waals surface area (Å²) in [4.78, 5) is 37.2. The Balaban J connectivity index is 1.98. The number of hydrogen-bond donors (Lipinski definition) is 1. The predicted molar refractivity (Wildman–Crippen MR) is 116 cm³/mol. The van der Waals surface area contributed by atoms with Crippen molar-refractivity contribution >= 4 is 33.9 Å². The van der Waals surface area contributed by atoms with Gasteiger partial charge in [-0.15, -0.1) is 11.3 Å². The average Bonchev–Trinajstić information content (AvgIpc) is 3.03. The van der Waals surface area contributed by atoms with E-state index < -0.39 is 16.8 Å². The largest absolute Gasteiger partial charge is 0.465 e. The van der Waals surface area contributed by atoms with Crippen LogP contribution in [-0.2, 0) is 17.6 Å². The summed E-state index contributed by atoms with van der Waals surface area (Å²) < 4.78 is 4.98. The van der Waals surface area contributed by atoms with Crippen LogP contribution in [0.1, 0.15) is 63.9 Å². The Morgan fingerprint density at radius 2 is 2.00 bits per heavy atom. The second kappa shape index (κ2) is 8.18. The molecule has 0 saturated heterocycles. The first-order valence-corrected chi connectivity index (χ1v) is 10.6. The van der Waals surface area contributed by atoms with Crippen molar-refractivity contribution in [2.24, 2.45) is 11.3 Å². The van der Waals surface area contributed by atoms with E-state index in [0.717, 1.165) is 29.7 Å². The number of nitrogens with one attached hydrogen (secondary N) is 1. The number of ether oxygens (including phenoxy) is 1. The second-order valence-electron chi connectivity index (χ2n) is 8.67. The van der Waals surface area contributed by atoms with Crippen molar-refractivity contribution in [3.63, 3.8) is 0 Å². The molecule has 1 heterocycles. The van der Waals surface area contributed by atoms with Crippen LogP contribution < -0.4 is 5.32 Å². The van der Waals surface area contributed by atoms with Crippen molar-refractivity contribution in [1.82, 2.24) is 0 Å². The summed E-state index contributed by atoms with van der Waals surface area (Å²) >= 11 is 1.40. The van der Waals surface area contributed by atoms with Crippen LogP contribution in [0.4, 0.5) is 10.7 Å². The van der Waals surface area contributed by atoms with E-state index in [1.54, 1.807) is 13.0 Å². The summed E-state index contributed by atoms with van der Waals surface area (Å²) in [5.74, 6) is -0.475. The lowest BCUT2D eigenvalue weighted by Crippen LogP contribution is -2.26. The molecule has 1 aromatic carbocycles. The third kappa shape index (κ3) is 4.09. The van der Waals surface area contributed by atoms with Crippen molar-refractivity contribution in [3.8, 4) is 0 Å². The predicted octanol–water partition coefficient (Wildman–Crippen LogP) is 5.15. The average molecular weight is 431 g/mol. The zero-order valence-corrected chi connectivity index (χ0v) is 18.6. The van der Waals surface area contributed by atoms with E-state index >= 15 is 0 Å². The molecule has 1 aromatic heterocycles. The molecule has 30 heavy (non-hydrogen) atoms. The van der Waals surface area contributed by atoms with E-state index in [0.29, 0.717) is 16.5 Å². The van der Waals surface area contributed by atoms with Crippen molar-refractivity contribution in [2.75, 3.05) is 12.4 Å². The number of nitro benzene ring substituents is 1. The van der Waals surface area contributed by atoms with Crippen LogP contribution in [0.5, 0.6) is 0 Å². The molecule has 1 N–H and O–H groups in total. The summed E-state index contributed by atoms with van der Waals surface area (Å²) in [6, 6.07) is 4.38. The Labute approximate surface area is 179 Å². The molecule has 0 fully saturated rings. The molecule has 160 valence electrons. The number of carbonyl (C=O) groups excluding carboxylic acids is 2. The summed E-state index contributed by atoms with van der Waals surface area (Å²) in [5.41, 5.74) is 1.87. The Bertz CT molecular complexity index is 1020. The topological polar surface area (TPSA) is 98.5 Å². The quantitative estimate of drug-likeness (QED) is 0.411. The highest BCUT2D eigenvalue weighted by atomic mass is 32.1. The molecule has 1 unspecified atom stereocenters. The smallest absolute Gasteiger partial charge is 0.341 e. The van der Waals surface area contributed by atoms with Gasteiger partial charge >= 0.3 is 5.97 Å². The third-order valence-electron chi connectivity index (χ3n) is 5.85. The lowest BCUT2D eigenvalue weighted by atomic mass is 9.72. The minimum absolute atomic E-state index is 0.116. The standard InChI is InChI=1S/C22H26N2O5S/c1-12-14(7-6-8-16(12)24(27)28)19(25)23-20-18(21(26)29-5)15-10-9-13(22(2,3)4)11-17(15)30-20/h6-8,13H,9-11H2,1-5H3,(H,23,25). The Hall–Kier alpha value is -2.74. The van der Waals surface area contributed by atoms with Crippen LogP contribution in [0.15, 0.2) is 18.2 Å². The molecule has 1 atom stereocenters. The van der Waals surface area contributed by atoms with Crippen molar-refractivity contribution in [1.29, 1.82) is 0 Å². The number of fused-ring (bicyclic) bond motifs is 1. The molecule has 1 aliphatic carbocycles. The Kier molecular flexibility index (Phi) is 5.99. The summed E-state index contributed by atoms with van der Waals surface area (Å²) in [6.07, 6.45) is 2.57. The van der Waals surface area contributed by atoms with Crippen molar-refractivity contribution in [3.05, 3.63) is 55.4 Å². The number of esters is 1. The second-order valence-corrected chi connectivity index (χ2v) is 9.77. The molecule has 7 nitrogen and oxygen atoms in total. The highest BCUT2D eigenvalue weighted by Gasteiger charge is 2.34. The first-order chi connectivity index (χ1) is 14.0. The number of hydrogen-bond acceptors (Lipinski definition) is 6. The van der Waals surface area contributed by atoms with Gasteiger partial charge in [0, 0.05) is 22.1 Å². The normalized spacial score (nSPS) is 16.0. The van der Waals surface area contributed by atoms with Gasteiger partial charge in [0.05, 0.1) is 17.6 Å². The molecule has 3 rings (SSSR count). The molecule has 0 bridgehead atoms. The van der Waals surface area contributed by atoms with Gasteiger partial charge < -0.3 is 10.1 Å². The fraction of sp³-hybridized carbons (Fsp3) is 0.455. The van der Waals surface area contributed by atoms with Gasteiger partial charge in [-0.3, -0.25) is 14.9 Å². The van der Waals surface area contributed by atoms with Gasteiger partial charge in [-0.1, -0.05) is 26.8 Å². The van der Waals surface area contributed by atoms with E-state index in [1.165, 1.54) is 30.6 Å². The van der Waals surface area contributed by atoms with Crippen LogP contribution in [-0.4, -0.2) is 23.9 Å². The number of benzene rings is 1. The number of methoxy groups -OCH3 is 1. The molecule has 0 radical (unpaired) electrons. The van der Waals surface area contributed by atoms with E-state index in [-0.39, 0.29) is 22.2 Å². The molecule has 1 amide bonds. The molecular formula is C22H26N2O5S. The zero-order valence-electron chi connectivity index (χ0n) is 17.8. The molecule has 0 spiro atoms. The lowest BCUT2D eigenvalue weighted by Gasteiger charge is -2.33. The number of amides is 1. The molecule has 0 aliphatic heterocycles. The maximum Gasteiger partial charge on any atom is 0.341 e. The summed E-state index contributed by atoms with van der Waals surface area (Å²) in [6.45, 7) is 8.18.